The number of nitrogens with one attached hydrogen (secondary N) is 1. The first-order valence-electron chi connectivity index (χ1n) is 4.27. The summed E-state index contributed by atoms with van der Waals surface area (Å²) in [5, 5.41) is 12.8. The zero-order valence-corrected chi connectivity index (χ0v) is 8.60. The van der Waals surface area contributed by atoms with E-state index >= 15 is 0 Å². The molecule has 1 aromatic rings. The van der Waals surface area contributed by atoms with Gasteiger partial charge >= 0.3 is 0 Å². The van der Waals surface area contributed by atoms with Crippen LogP contribution in [0.15, 0.2) is 18.2 Å². The molecule has 0 amide bonds. The number of benzene rings is 1. The zero-order chi connectivity index (χ0) is 9.84. The molecule has 2 nitrogen and oxygen atoms in total. The molecule has 0 aliphatic rings. The second kappa shape index (κ2) is 4.49. The van der Waals surface area contributed by atoms with Crippen molar-refractivity contribution in [3.05, 3.63) is 28.8 Å². The first-order valence-corrected chi connectivity index (χ1v) is 4.65. The van der Waals surface area contributed by atoms with Crippen LogP contribution >= 0.6 is 11.6 Å². The van der Waals surface area contributed by atoms with Gasteiger partial charge in [0.15, 0.2) is 0 Å². The summed E-state index contributed by atoms with van der Waals surface area (Å²) in [6, 6.07) is 5.79. The largest absolute Gasteiger partial charge is 0.392 e. The molecule has 0 bridgehead atoms. The molecule has 1 aromatic carbocycles. The Kier molecular flexibility index (Phi) is 3.58. The molecular formula is C10H14ClNO. The monoisotopic (exact) mass is 199 g/mol. The quantitative estimate of drug-likeness (QED) is 0.784. The summed E-state index contributed by atoms with van der Waals surface area (Å²) >= 11 is 5.97. The van der Waals surface area contributed by atoms with Crippen LogP contribution in [0.2, 0.25) is 5.02 Å². The van der Waals surface area contributed by atoms with E-state index < -0.39 is 0 Å². The number of aryl methyl sites for hydroxylation is 1. The normalized spacial score (nSPS) is 12.6. The van der Waals surface area contributed by atoms with Crippen LogP contribution in [0.5, 0.6) is 0 Å². The molecule has 0 aliphatic heterocycles. The van der Waals surface area contributed by atoms with Gasteiger partial charge < -0.3 is 10.4 Å². The Morgan fingerprint density at radius 1 is 1.54 bits per heavy atom. The SMILES string of the molecule is Cc1ccc(NC[C@H](C)O)c(Cl)c1. The maximum Gasteiger partial charge on any atom is 0.0684 e. The Morgan fingerprint density at radius 3 is 2.77 bits per heavy atom. The van der Waals surface area contributed by atoms with Crippen LogP contribution in [0.1, 0.15) is 12.5 Å². The van der Waals surface area contributed by atoms with E-state index in [-0.39, 0.29) is 6.10 Å². The summed E-state index contributed by atoms with van der Waals surface area (Å²) in [6.45, 7) is 4.24. The molecule has 0 saturated carbocycles. The number of anilines is 1. The Morgan fingerprint density at radius 2 is 2.23 bits per heavy atom. The number of aliphatic hydroxyl groups is 1. The minimum absolute atomic E-state index is 0.364. The van der Waals surface area contributed by atoms with E-state index in [1.165, 1.54) is 0 Å². The van der Waals surface area contributed by atoms with Crippen molar-refractivity contribution in [3.63, 3.8) is 0 Å². The molecule has 0 spiro atoms. The summed E-state index contributed by atoms with van der Waals surface area (Å²) < 4.78 is 0. The molecule has 0 saturated heterocycles. The minimum atomic E-state index is -0.364. The molecule has 72 valence electrons. The van der Waals surface area contributed by atoms with Crippen molar-refractivity contribution in [1.29, 1.82) is 0 Å². The van der Waals surface area contributed by atoms with E-state index in [0.717, 1.165) is 11.3 Å². The van der Waals surface area contributed by atoms with Crippen LogP contribution in [0, 0.1) is 6.92 Å². The summed E-state index contributed by atoms with van der Waals surface area (Å²) in [5.41, 5.74) is 2.00. The molecule has 0 radical (unpaired) electrons. The van der Waals surface area contributed by atoms with Crippen molar-refractivity contribution in [3.8, 4) is 0 Å². The van der Waals surface area contributed by atoms with Crippen molar-refractivity contribution in [2.24, 2.45) is 0 Å². The highest BCUT2D eigenvalue weighted by Crippen LogP contribution is 2.22. The predicted octanol–water partition coefficient (Wildman–Crippen LogP) is 2.44. The molecular weight excluding hydrogens is 186 g/mol. The van der Waals surface area contributed by atoms with Gasteiger partial charge in [-0.3, -0.25) is 0 Å². The molecule has 2 N–H and O–H groups in total. The highest BCUT2D eigenvalue weighted by Gasteiger charge is 2.00. The van der Waals surface area contributed by atoms with Gasteiger partial charge in [0, 0.05) is 6.54 Å². The lowest BCUT2D eigenvalue weighted by atomic mass is 10.2. The van der Waals surface area contributed by atoms with Crippen molar-refractivity contribution >= 4 is 17.3 Å². The maximum absolute atomic E-state index is 9.05. The molecule has 0 heterocycles. The van der Waals surface area contributed by atoms with E-state index in [9.17, 15) is 0 Å². The Labute approximate surface area is 83.5 Å². The van der Waals surface area contributed by atoms with Gasteiger partial charge in [-0.1, -0.05) is 17.7 Å². The Hall–Kier alpha value is -0.730. The van der Waals surface area contributed by atoms with Crippen LogP contribution < -0.4 is 5.32 Å². The maximum atomic E-state index is 9.05. The third-order valence-corrected chi connectivity index (χ3v) is 2.03. The fraction of sp³-hybridized carbons (Fsp3) is 0.400. The fourth-order valence-corrected chi connectivity index (χ4v) is 1.32. The van der Waals surface area contributed by atoms with Crippen LogP contribution in [0.4, 0.5) is 5.69 Å². The molecule has 0 aromatic heterocycles. The standard InChI is InChI=1S/C10H14ClNO/c1-7-3-4-10(9(11)5-7)12-6-8(2)13/h3-5,8,12-13H,6H2,1-2H3/t8-/m0/s1. The molecule has 1 rings (SSSR count). The molecule has 0 fully saturated rings. The lowest BCUT2D eigenvalue weighted by Gasteiger charge is -2.10. The van der Waals surface area contributed by atoms with Crippen LogP contribution in [-0.2, 0) is 0 Å². The number of rotatable bonds is 3. The van der Waals surface area contributed by atoms with Crippen molar-refractivity contribution in [2.75, 3.05) is 11.9 Å². The first kappa shape index (κ1) is 10.4. The van der Waals surface area contributed by atoms with Gasteiger partial charge in [-0.05, 0) is 31.5 Å². The van der Waals surface area contributed by atoms with E-state index in [1.807, 2.05) is 25.1 Å². The van der Waals surface area contributed by atoms with Crippen molar-refractivity contribution < 1.29 is 5.11 Å². The van der Waals surface area contributed by atoms with Gasteiger partial charge in [0.2, 0.25) is 0 Å². The van der Waals surface area contributed by atoms with Crippen LogP contribution in [0.25, 0.3) is 0 Å². The van der Waals surface area contributed by atoms with E-state index in [1.54, 1.807) is 6.92 Å². The van der Waals surface area contributed by atoms with Gasteiger partial charge in [0.25, 0.3) is 0 Å². The van der Waals surface area contributed by atoms with Gasteiger partial charge in [-0.2, -0.15) is 0 Å². The average molecular weight is 200 g/mol. The number of hydrogen-bond donors (Lipinski definition) is 2. The number of aliphatic hydroxyl groups excluding tert-OH is 1. The third-order valence-electron chi connectivity index (χ3n) is 1.71. The fourth-order valence-electron chi connectivity index (χ4n) is 1.02. The van der Waals surface area contributed by atoms with Gasteiger partial charge in [0.05, 0.1) is 16.8 Å². The van der Waals surface area contributed by atoms with E-state index in [0.29, 0.717) is 11.6 Å². The number of hydrogen-bond acceptors (Lipinski definition) is 2. The van der Waals surface area contributed by atoms with Gasteiger partial charge in [-0.25, -0.2) is 0 Å². The summed E-state index contributed by atoms with van der Waals surface area (Å²) in [5.74, 6) is 0. The van der Waals surface area contributed by atoms with Crippen molar-refractivity contribution in [2.45, 2.75) is 20.0 Å². The predicted molar refractivity (Wildman–Crippen MR) is 56.4 cm³/mol. The Balaban J connectivity index is 2.67. The zero-order valence-electron chi connectivity index (χ0n) is 7.84. The first-order chi connectivity index (χ1) is 6.09. The van der Waals surface area contributed by atoms with Crippen molar-refractivity contribution in [1.82, 2.24) is 0 Å². The van der Waals surface area contributed by atoms with E-state index in [4.69, 9.17) is 16.7 Å². The summed E-state index contributed by atoms with van der Waals surface area (Å²) in [6.07, 6.45) is -0.364. The minimum Gasteiger partial charge on any atom is -0.392 e. The Bertz CT molecular complexity index is 286. The van der Waals surface area contributed by atoms with Crippen LogP contribution in [-0.4, -0.2) is 17.8 Å². The number of halogens is 1. The third kappa shape index (κ3) is 3.25. The molecule has 1 atom stereocenters. The summed E-state index contributed by atoms with van der Waals surface area (Å²) in [4.78, 5) is 0. The second-order valence-electron chi connectivity index (χ2n) is 3.21. The van der Waals surface area contributed by atoms with Gasteiger partial charge in [0.1, 0.15) is 0 Å². The smallest absolute Gasteiger partial charge is 0.0684 e. The highest BCUT2D eigenvalue weighted by atomic mass is 35.5. The molecule has 0 aliphatic carbocycles. The lowest BCUT2D eigenvalue weighted by molar-refractivity contribution is 0.208. The molecule has 3 heteroatoms. The molecule has 0 unspecified atom stereocenters. The topological polar surface area (TPSA) is 32.3 Å². The van der Waals surface area contributed by atoms with E-state index in [2.05, 4.69) is 5.32 Å². The lowest BCUT2D eigenvalue weighted by Crippen LogP contribution is -2.15. The van der Waals surface area contributed by atoms with Crippen LogP contribution in [0.3, 0.4) is 0 Å². The second-order valence-corrected chi connectivity index (χ2v) is 3.62. The highest BCUT2D eigenvalue weighted by molar-refractivity contribution is 6.33. The van der Waals surface area contributed by atoms with Gasteiger partial charge in [-0.15, -0.1) is 0 Å². The molecule has 13 heavy (non-hydrogen) atoms. The summed E-state index contributed by atoms with van der Waals surface area (Å²) in [7, 11) is 0. The average Bonchev–Trinajstić information content (AvgIpc) is 2.02.